The largest absolute Gasteiger partial charge is 0.421 e. The maximum Gasteiger partial charge on any atom is 0.421 e. The highest BCUT2D eigenvalue weighted by Crippen LogP contribution is 2.47. The first-order valence-electron chi connectivity index (χ1n) is 7.93. The Labute approximate surface area is 168 Å². The van der Waals surface area contributed by atoms with Crippen molar-refractivity contribution in [3.8, 4) is 0 Å². The van der Waals surface area contributed by atoms with Gasteiger partial charge in [-0.15, -0.1) is 11.3 Å². The fourth-order valence-corrected chi connectivity index (χ4v) is 4.43. The van der Waals surface area contributed by atoms with Crippen LogP contribution in [0, 0.1) is 6.92 Å². The monoisotopic (exact) mass is 430 g/mol. The van der Waals surface area contributed by atoms with Crippen LogP contribution in [0.5, 0.6) is 0 Å². The van der Waals surface area contributed by atoms with E-state index in [9.17, 15) is 18.3 Å². The fourth-order valence-electron chi connectivity index (χ4n) is 2.89. The molecule has 1 aromatic heterocycles. The second-order valence-corrected chi connectivity index (χ2v) is 8.41. The molecule has 3 rings (SSSR count). The van der Waals surface area contributed by atoms with Gasteiger partial charge in [-0.2, -0.15) is 13.2 Å². The number of benzene rings is 2. The number of alkyl halides is 3. The highest BCUT2D eigenvalue weighted by Gasteiger charge is 2.55. The lowest BCUT2D eigenvalue weighted by atomic mass is 9.86. The maximum atomic E-state index is 13.8. The van der Waals surface area contributed by atoms with Gasteiger partial charge in [0, 0.05) is 26.0 Å². The Balaban J connectivity index is 2.02. The number of fused-ring (bicyclic) bond motifs is 1. The van der Waals surface area contributed by atoms with E-state index in [0.717, 1.165) is 27.8 Å². The van der Waals surface area contributed by atoms with E-state index in [0.29, 0.717) is 4.88 Å². The molecular weight excluding hydrogens is 416 g/mol. The van der Waals surface area contributed by atoms with Crippen LogP contribution in [-0.2, 0) is 5.60 Å². The van der Waals surface area contributed by atoms with E-state index in [1.165, 1.54) is 17.4 Å². The van der Waals surface area contributed by atoms with Gasteiger partial charge in [0.2, 0.25) is 0 Å². The van der Waals surface area contributed by atoms with Gasteiger partial charge in [-0.05, 0) is 53.8 Å². The van der Waals surface area contributed by atoms with E-state index in [1.54, 1.807) is 6.07 Å². The van der Waals surface area contributed by atoms with Gasteiger partial charge in [0.25, 0.3) is 0 Å². The van der Waals surface area contributed by atoms with Crippen molar-refractivity contribution in [2.75, 3.05) is 0 Å². The standard InChI is InChI=1S/C20H15Cl2F3OS/c1-11-3-4-17-13(5-11)6-18(27-17)12(2)10-19(26,20(23,24)25)14-7-15(21)9-16(22)8-14/h3-9,26H,2,10H2,1H3. The molecule has 1 unspecified atom stereocenters. The average molecular weight is 431 g/mol. The van der Waals surface area contributed by atoms with Crippen LogP contribution in [0.1, 0.15) is 22.4 Å². The molecule has 0 aliphatic heterocycles. The Kier molecular flexibility index (Phi) is 5.34. The summed E-state index contributed by atoms with van der Waals surface area (Å²) in [5.41, 5.74) is -2.32. The van der Waals surface area contributed by atoms with Crippen molar-refractivity contribution in [3.05, 3.63) is 75.1 Å². The normalized spacial score (nSPS) is 14.3. The van der Waals surface area contributed by atoms with Crippen molar-refractivity contribution in [1.82, 2.24) is 0 Å². The molecule has 3 aromatic rings. The molecule has 0 bridgehead atoms. The first-order valence-corrected chi connectivity index (χ1v) is 9.51. The van der Waals surface area contributed by atoms with Crippen LogP contribution >= 0.6 is 34.5 Å². The predicted molar refractivity (Wildman–Crippen MR) is 107 cm³/mol. The number of aryl methyl sites for hydroxylation is 1. The van der Waals surface area contributed by atoms with E-state index >= 15 is 0 Å². The third kappa shape index (κ3) is 4.02. The lowest BCUT2D eigenvalue weighted by Crippen LogP contribution is -2.42. The molecule has 0 saturated carbocycles. The average Bonchev–Trinajstić information content (AvgIpc) is 2.96. The summed E-state index contributed by atoms with van der Waals surface area (Å²) in [4.78, 5) is 0.589. The zero-order valence-electron chi connectivity index (χ0n) is 14.2. The van der Waals surface area contributed by atoms with Crippen molar-refractivity contribution in [2.45, 2.75) is 25.1 Å². The molecule has 0 fully saturated rings. The third-order valence-electron chi connectivity index (χ3n) is 4.30. The number of hydrogen-bond acceptors (Lipinski definition) is 2. The van der Waals surface area contributed by atoms with Crippen LogP contribution in [0.4, 0.5) is 13.2 Å². The Morgan fingerprint density at radius 3 is 2.30 bits per heavy atom. The van der Waals surface area contributed by atoms with Gasteiger partial charge in [0.15, 0.2) is 5.60 Å². The first kappa shape index (κ1) is 20.2. The molecule has 2 aromatic carbocycles. The molecule has 0 amide bonds. The molecule has 1 N–H and O–H groups in total. The number of thiophene rings is 1. The maximum absolute atomic E-state index is 13.8. The summed E-state index contributed by atoms with van der Waals surface area (Å²) in [6.07, 6.45) is -5.66. The summed E-state index contributed by atoms with van der Waals surface area (Å²) in [7, 11) is 0. The molecule has 27 heavy (non-hydrogen) atoms. The minimum Gasteiger partial charge on any atom is -0.376 e. The Hall–Kier alpha value is -1.53. The second-order valence-electron chi connectivity index (χ2n) is 6.45. The van der Waals surface area contributed by atoms with Crippen molar-refractivity contribution in [1.29, 1.82) is 0 Å². The molecule has 1 nitrogen and oxygen atoms in total. The van der Waals surface area contributed by atoms with Crippen LogP contribution in [0.25, 0.3) is 15.7 Å². The second kappa shape index (κ2) is 7.13. The Morgan fingerprint density at radius 2 is 1.70 bits per heavy atom. The fraction of sp³-hybridized carbons (Fsp3) is 0.200. The van der Waals surface area contributed by atoms with Gasteiger partial charge in [0.05, 0.1) is 0 Å². The van der Waals surface area contributed by atoms with E-state index in [4.69, 9.17) is 23.2 Å². The van der Waals surface area contributed by atoms with Gasteiger partial charge in [0.1, 0.15) is 0 Å². The molecule has 0 aliphatic rings. The number of rotatable bonds is 4. The van der Waals surface area contributed by atoms with Crippen LogP contribution in [-0.4, -0.2) is 11.3 Å². The van der Waals surface area contributed by atoms with E-state index in [-0.39, 0.29) is 15.6 Å². The van der Waals surface area contributed by atoms with Crippen LogP contribution < -0.4 is 0 Å². The summed E-state index contributed by atoms with van der Waals surface area (Å²) in [6.45, 7) is 5.74. The molecule has 0 spiro atoms. The SMILES string of the molecule is C=C(CC(O)(c1cc(Cl)cc(Cl)c1)C(F)(F)F)c1cc2cc(C)ccc2s1. The minimum absolute atomic E-state index is 0.0168. The van der Waals surface area contributed by atoms with Crippen molar-refractivity contribution in [2.24, 2.45) is 0 Å². The lowest BCUT2D eigenvalue weighted by Gasteiger charge is -2.32. The number of hydrogen-bond donors (Lipinski definition) is 1. The van der Waals surface area contributed by atoms with Crippen LogP contribution in [0.2, 0.25) is 10.0 Å². The minimum atomic E-state index is -4.93. The third-order valence-corrected chi connectivity index (χ3v) is 5.95. The van der Waals surface area contributed by atoms with Gasteiger partial charge in [-0.1, -0.05) is 47.5 Å². The molecule has 0 radical (unpaired) electrons. The predicted octanol–water partition coefficient (Wildman–Crippen LogP) is 7.37. The Morgan fingerprint density at radius 1 is 1.07 bits per heavy atom. The lowest BCUT2D eigenvalue weighted by molar-refractivity contribution is -0.264. The molecule has 7 heteroatoms. The Bertz CT molecular complexity index is 1010. The van der Waals surface area contributed by atoms with Crippen molar-refractivity contribution in [3.63, 3.8) is 0 Å². The molecule has 0 saturated heterocycles. The summed E-state index contributed by atoms with van der Waals surface area (Å²) in [6, 6.07) is 11.0. The summed E-state index contributed by atoms with van der Waals surface area (Å²) in [5.74, 6) is 0. The topological polar surface area (TPSA) is 20.2 Å². The summed E-state index contributed by atoms with van der Waals surface area (Å²) in [5, 5.41) is 11.6. The number of halogens is 5. The highest BCUT2D eigenvalue weighted by atomic mass is 35.5. The van der Waals surface area contributed by atoms with Gasteiger partial charge < -0.3 is 5.11 Å². The van der Waals surface area contributed by atoms with E-state index in [1.807, 2.05) is 25.1 Å². The molecule has 142 valence electrons. The molecule has 1 heterocycles. The quantitative estimate of drug-likeness (QED) is 0.457. The van der Waals surface area contributed by atoms with Crippen LogP contribution in [0.3, 0.4) is 0 Å². The van der Waals surface area contributed by atoms with Gasteiger partial charge in [-0.3, -0.25) is 0 Å². The molecular formula is C20H15Cl2F3OS. The smallest absolute Gasteiger partial charge is 0.376 e. The first-order chi connectivity index (χ1) is 12.5. The van der Waals surface area contributed by atoms with Gasteiger partial charge >= 0.3 is 6.18 Å². The molecule has 1 atom stereocenters. The highest BCUT2D eigenvalue weighted by molar-refractivity contribution is 7.20. The van der Waals surface area contributed by atoms with Gasteiger partial charge in [-0.25, -0.2) is 0 Å². The zero-order valence-corrected chi connectivity index (χ0v) is 16.5. The van der Waals surface area contributed by atoms with Crippen molar-refractivity contribution < 1.29 is 18.3 Å². The summed E-state index contributed by atoms with van der Waals surface area (Å²) >= 11 is 13.0. The summed E-state index contributed by atoms with van der Waals surface area (Å²) < 4.78 is 42.4. The van der Waals surface area contributed by atoms with E-state index in [2.05, 4.69) is 6.58 Å². The van der Waals surface area contributed by atoms with E-state index < -0.39 is 23.8 Å². The molecule has 0 aliphatic carbocycles. The van der Waals surface area contributed by atoms with Crippen molar-refractivity contribution >= 4 is 50.2 Å². The van der Waals surface area contributed by atoms with Crippen LogP contribution in [0.15, 0.2) is 49.0 Å². The number of aliphatic hydroxyl groups is 1. The zero-order chi connectivity index (χ0) is 20.0.